The molecular formula is C76H43N5S3. The first-order valence-electron chi connectivity index (χ1n) is 28.4. The summed E-state index contributed by atoms with van der Waals surface area (Å²) in [6.07, 6.45) is 0. The van der Waals surface area contributed by atoms with Crippen LogP contribution in [0.1, 0.15) is 0 Å². The smallest absolute Gasteiger partial charge is 0.160 e. The van der Waals surface area contributed by atoms with E-state index in [1.165, 1.54) is 120 Å². The van der Waals surface area contributed by atoms with Crippen molar-refractivity contribution < 1.29 is 0 Å². The number of hydrogen-bond donors (Lipinski definition) is 0. The van der Waals surface area contributed by atoms with Crippen LogP contribution < -0.4 is 0 Å². The third-order valence-corrected chi connectivity index (χ3v) is 20.9. The summed E-state index contributed by atoms with van der Waals surface area (Å²) in [5, 5.41) is 15.5. The number of fused-ring (bicyclic) bond motifs is 21. The highest BCUT2D eigenvalue weighted by atomic mass is 32.1. The van der Waals surface area contributed by atoms with E-state index in [2.05, 4.69) is 275 Å². The van der Waals surface area contributed by atoms with Crippen molar-refractivity contribution in [3.8, 4) is 51.0 Å². The van der Waals surface area contributed by atoms with Crippen LogP contribution in [-0.2, 0) is 0 Å². The highest BCUT2D eigenvalue weighted by molar-refractivity contribution is 7.26. The molecule has 0 aliphatic heterocycles. The van der Waals surface area contributed by atoms with Crippen molar-refractivity contribution in [3.63, 3.8) is 0 Å². The Balaban J connectivity index is 0.778. The molecule has 0 N–H and O–H groups in total. The van der Waals surface area contributed by atoms with Crippen LogP contribution in [0.4, 0.5) is 0 Å². The molecule has 0 atom stereocenters. The fourth-order valence-electron chi connectivity index (χ4n) is 13.9. The zero-order valence-electron chi connectivity index (χ0n) is 44.8. The van der Waals surface area contributed by atoms with Crippen molar-refractivity contribution in [2.24, 2.45) is 0 Å². The lowest BCUT2D eigenvalue weighted by Crippen LogP contribution is -1.99. The fraction of sp³-hybridized carbons (Fsp3) is 0. The number of rotatable bonds is 6. The quantitative estimate of drug-likeness (QED) is 0.166. The molecule has 0 saturated carbocycles. The minimum Gasteiger partial charge on any atom is -0.309 e. The number of para-hydroxylation sites is 3. The van der Waals surface area contributed by atoms with E-state index in [0.29, 0.717) is 5.82 Å². The Labute approximate surface area is 492 Å². The maximum atomic E-state index is 5.50. The summed E-state index contributed by atoms with van der Waals surface area (Å²) in [6, 6.07) is 95.6. The molecule has 8 heteroatoms. The molecule has 19 aromatic rings. The van der Waals surface area contributed by atoms with E-state index in [1.807, 2.05) is 34.0 Å². The van der Waals surface area contributed by atoms with Crippen LogP contribution in [0.3, 0.4) is 0 Å². The monoisotopic (exact) mass is 1120 g/mol. The van der Waals surface area contributed by atoms with Gasteiger partial charge in [0.15, 0.2) is 5.82 Å². The topological polar surface area (TPSA) is 40.6 Å². The standard InChI is InChI=1S/C76H43N5S3/c1-7-22-58-50(16-1)70-61(36-39-67-73(70)53-19-4-10-25-64(53)82-67)79(58)47-32-28-44(29-33-47)56-43-57(45-30-34-48(35-31-45)80-59-23-8-2-17-51(59)71-62(80)37-40-68-74(71)54-20-5-11-26-65(54)83-68)78-76(77-56)46-14-13-15-49(42-46)81-60-24-9-3-18-52(60)72-63(81)38-41-69-75(72)55-21-6-12-27-66(55)84-69/h1-43H. The number of nitrogens with zero attached hydrogens (tertiary/aromatic N) is 5. The molecule has 0 unspecified atom stereocenters. The lowest BCUT2D eigenvalue weighted by molar-refractivity contribution is 1.15. The third-order valence-electron chi connectivity index (χ3n) is 17.5. The number of benzene rings is 12. The average Bonchev–Trinajstić information content (AvgIpc) is 3.78. The second-order valence-corrected chi connectivity index (χ2v) is 25.2. The SMILES string of the molecule is c1cc(-c2nc(-c3ccc(-n4c5ccccc5c5c6c(ccc54)sc4ccccc46)cc3)cc(-c3ccc(-n4c5ccccc5c5c6c(ccc54)sc4ccccc46)cc3)n2)cc(-n2c3ccccc3c3c4c(ccc32)sc2ccccc24)c1. The minimum atomic E-state index is 0.660. The molecule has 0 spiro atoms. The lowest BCUT2D eigenvalue weighted by atomic mass is 10.1. The molecule has 0 radical (unpaired) electrons. The maximum Gasteiger partial charge on any atom is 0.160 e. The van der Waals surface area contributed by atoms with Gasteiger partial charge in [-0.3, -0.25) is 0 Å². The maximum absolute atomic E-state index is 5.50. The van der Waals surface area contributed by atoms with Gasteiger partial charge in [0.2, 0.25) is 0 Å². The molecule has 0 saturated heterocycles. The summed E-state index contributed by atoms with van der Waals surface area (Å²) in [7, 11) is 0. The Kier molecular flexibility index (Phi) is 9.75. The normalized spacial score (nSPS) is 12.3. The van der Waals surface area contributed by atoms with Crippen LogP contribution in [0.25, 0.3) is 177 Å². The zero-order chi connectivity index (χ0) is 54.7. The van der Waals surface area contributed by atoms with Crippen molar-refractivity contribution in [2.45, 2.75) is 0 Å². The van der Waals surface area contributed by atoms with E-state index in [0.717, 1.165) is 50.7 Å². The largest absolute Gasteiger partial charge is 0.309 e. The average molecular weight is 1120 g/mol. The molecular weight excluding hydrogens is 1080 g/mol. The molecule has 12 aromatic carbocycles. The van der Waals surface area contributed by atoms with Crippen molar-refractivity contribution >= 4 is 160 Å². The second kappa shape index (κ2) is 17.6. The number of hydrogen-bond acceptors (Lipinski definition) is 5. The molecule has 19 rings (SSSR count). The Morgan fingerprint density at radius 3 is 0.988 bits per heavy atom. The van der Waals surface area contributed by atoms with E-state index < -0.39 is 0 Å². The van der Waals surface area contributed by atoms with Gasteiger partial charge in [-0.15, -0.1) is 34.0 Å². The summed E-state index contributed by atoms with van der Waals surface area (Å²) >= 11 is 5.60. The highest BCUT2D eigenvalue weighted by Crippen LogP contribution is 2.47. The molecule has 84 heavy (non-hydrogen) atoms. The van der Waals surface area contributed by atoms with Crippen LogP contribution in [0.2, 0.25) is 0 Å². The summed E-state index contributed by atoms with van der Waals surface area (Å²) in [6.45, 7) is 0. The molecule has 0 amide bonds. The Hall–Kier alpha value is -10.2. The van der Waals surface area contributed by atoms with Crippen LogP contribution >= 0.6 is 34.0 Å². The highest BCUT2D eigenvalue weighted by Gasteiger charge is 2.23. The predicted molar refractivity (Wildman–Crippen MR) is 360 cm³/mol. The van der Waals surface area contributed by atoms with Crippen LogP contribution in [0.5, 0.6) is 0 Å². The van der Waals surface area contributed by atoms with E-state index in [9.17, 15) is 0 Å². The predicted octanol–water partition coefficient (Wildman–Crippen LogP) is 21.9. The summed E-state index contributed by atoms with van der Waals surface area (Å²) in [5.41, 5.74) is 15.0. The molecule has 7 aromatic heterocycles. The zero-order valence-corrected chi connectivity index (χ0v) is 47.2. The first-order chi connectivity index (χ1) is 41.6. The summed E-state index contributed by atoms with van der Waals surface area (Å²) in [4.78, 5) is 11.0. The first-order valence-corrected chi connectivity index (χ1v) is 30.8. The number of aromatic nitrogens is 5. The number of thiophene rings is 3. The van der Waals surface area contributed by atoms with Crippen LogP contribution in [0.15, 0.2) is 261 Å². The van der Waals surface area contributed by atoms with Gasteiger partial charge in [-0.05, 0) is 115 Å². The Morgan fingerprint density at radius 1 is 0.226 bits per heavy atom. The van der Waals surface area contributed by atoms with Crippen LogP contribution in [-0.4, -0.2) is 23.7 Å². The lowest BCUT2D eigenvalue weighted by Gasteiger charge is -2.13. The Morgan fingerprint density at radius 2 is 0.583 bits per heavy atom. The van der Waals surface area contributed by atoms with Gasteiger partial charge < -0.3 is 13.7 Å². The molecule has 0 bridgehead atoms. The van der Waals surface area contributed by atoms with E-state index >= 15 is 0 Å². The summed E-state index contributed by atoms with van der Waals surface area (Å²) < 4.78 is 15.1. The van der Waals surface area contributed by atoms with Gasteiger partial charge in [0, 0.05) is 127 Å². The van der Waals surface area contributed by atoms with E-state index in [1.54, 1.807) is 0 Å². The summed E-state index contributed by atoms with van der Waals surface area (Å²) in [5.74, 6) is 0.660. The fourth-order valence-corrected chi connectivity index (χ4v) is 17.2. The van der Waals surface area contributed by atoms with Crippen molar-refractivity contribution in [1.29, 1.82) is 0 Å². The van der Waals surface area contributed by atoms with Gasteiger partial charge in [0.05, 0.1) is 44.5 Å². The van der Waals surface area contributed by atoms with Gasteiger partial charge in [0.25, 0.3) is 0 Å². The van der Waals surface area contributed by atoms with Crippen molar-refractivity contribution in [2.75, 3.05) is 0 Å². The second-order valence-electron chi connectivity index (χ2n) is 22.0. The van der Waals surface area contributed by atoms with Crippen molar-refractivity contribution in [1.82, 2.24) is 23.7 Å². The van der Waals surface area contributed by atoms with Crippen molar-refractivity contribution in [3.05, 3.63) is 261 Å². The van der Waals surface area contributed by atoms with Crippen LogP contribution in [0, 0.1) is 0 Å². The Bertz CT molecular complexity index is 5740. The molecule has 0 fully saturated rings. The van der Waals surface area contributed by atoms with Gasteiger partial charge >= 0.3 is 0 Å². The molecule has 0 aliphatic carbocycles. The van der Waals surface area contributed by atoms with Gasteiger partial charge in [-0.2, -0.15) is 0 Å². The van der Waals surface area contributed by atoms with Gasteiger partial charge in [-0.25, -0.2) is 9.97 Å². The minimum absolute atomic E-state index is 0.660. The molecule has 0 aliphatic rings. The molecule has 390 valence electrons. The first kappa shape index (κ1) is 46.4. The molecule has 5 nitrogen and oxygen atoms in total. The molecule has 7 heterocycles. The van der Waals surface area contributed by atoms with E-state index in [-0.39, 0.29) is 0 Å². The van der Waals surface area contributed by atoms with E-state index in [4.69, 9.17) is 9.97 Å². The van der Waals surface area contributed by atoms with Gasteiger partial charge in [0.1, 0.15) is 0 Å². The van der Waals surface area contributed by atoms with Gasteiger partial charge in [-0.1, -0.05) is 146 Å². The third kappa shape index (κ3) is 6.64.